The smallest absolute Gasteiger partial charge is 0.211 e. The predicted molar refractivity (Wildman–Crippen MR) is 110 cm³/mol. The lowest BCUT2D eigenvalue weighted by Crippen LogP contribution is -2.21. The van der Waals surface area contributed by atoms with Crippen molar-refractivity contribution < 1.29 is 19.1 Å². The van der Waals surface area contributed by atoms with Crippen molar-refractivity contribution in [2.45, 2.75) is 13.8 Å². The summed E-state index contributed by atoms with van der Waals surface area (Å²) in [6, 6.07) is 14.8. The van der Waals surface area contributed by atoms with Gasteiger partial charge in [0.25, 0.3) is 0 Å². The Balaban J connectivity index is 2.34. The highest BCUT2D eigenvalue weighted by Gasteiger charge is 2.06. The van der Waals surface area contributed by atoms with Crippen LogP contribution in [0.15, 0.2) is 59.9 Å². The van der Waals surface area contributed by atoms with Gasteiger partial charge in [0.05, 0.1) is 24.6 Å². The Hall–Kier alpha value is -3.54. The molecule has 0 spiro atoms. The van der Waals surface area contributed by atoms with Gasteiger partial charge in [-0.3, -0.25) is 9.59 Å². The maximum Gasteiger partial charge on any atom is 0.211 e. The number of ether oxygens (including phenoxy) is 2. The molecule has 2 rings (SSSR count). The van der Waals surface area contributed by atoms with Gasteiger partial charge in [0.1, 0.15) is 11.5 Å². The van der Waals surface area contributed by atoms with Gasteiger partial charge in [0, 0.05) is 0 Å². The number of carbonyl (C=O) groups excluding carboxylic acids is 2. The van der Waals surface area contributed by atoms with Gasteiger partial charge < -0.3 is 20.1 Å². The molecule has 2 aromatic rings. The molecule has 2 amide bonds. The summed E-state index contributed by atoms with van der Waals surface area (Å²) in [5.41, 5.74) is 2.61. The summed E-state index contributed by atoms with van der Waals surface area (Å²) in [6.07, 6.45) is 4.67. The third-order valence-electron chi connectivity index (χ3n) is 3.72. The average Bonchev–Trinajstić information content (AvgIpc) is 2.70. The van der Waals surface area contributed by atoms with E-state index in [1.54, 1.807) is 12.2 Å². The number of nitrogens with one attached hydrogen (secondary N) is 2. The van der Waals surface area contributed by atoms with Crippen molar-refractivity contribution in [3.05, 3.63) is 71.1 Å². The van der Waals surface area contributed by atoms with Crippen LogP contribution in [0.25, 0.3) is 12.2 Å². The molecular weight excluding hydrogens is 356 g/mol. The molecule has 0 aromatic heterocycles. The Morgan fingerprint density at radius 3 is 1.36 bits per heavy atom. The van der Waals surface area contributed by atoms with Gasteiger partial charge in [-0.15, -0.1) is 0 Å². The molecule has 0 unspecified atom stereocenters. The minimum Gasteiger partial charge on any atom is -0.494 e. The van der Waals surface area contributed by atoms with Crippen LogP contribution in [-0.4, -0.2) is 26.0 Å². The number of benzene rings is 2. The Kier molecular flexibility index (Phi) is 8.33. The molecule has 0 saturated heterocycles. The standard InChI is InChI=1S/C22H24N2O4/c1-3-27-19-9-5-17(6-10-19)13-21(23-15-25)22(24-16-26)14-18-7-11-20(12-8-18)28-4-2/h5-16H,3-4H2,1-2H3,(H,23,25)(H,24,26)/b21-13-,22-14-. The summed E-state index contributed by atoms with van der Waals surface area (Å²) < 4.78 is 10.9. The van der Waals surface area contributed by atoms with Crippen LogP contribution in [0.4, 0.5) is 0 Å². The largest absolute Gasteiger partial charge is 0.494 e. The summed E-state index contributed by atoms with van der Waals surface area (Å²) in [5, 5.41) is 5.29. The summed E-state index contributed by atoms with van der Waals surface area (Å²) in [4.78, 5) is 22.2. The highest BCUT2D eigenvalue weighted by molar-refractivity contribution is 5.72. The average molecular weight is 380 g/mol. The van der Waals surface area contributed by atoms with Gasteiger partial charge in [-0.05, 0) is 61.4 Å². The molecule has 2 N–H and O–H groups in total. The van der Waals surface area contributed by atoms with Crippen molar-refractivity contribution in [2.75, 3.05) is 13.2 Å². The van der Waals surface area contributed by atoms with E-state index in [1.165, 1.54) is 0 Å². The quantitative estimate of drug-likeness (QED) is 0.463. The third kappa shape index (κ3) is 6.32. The van der Waals surface area contributed by atoms with Crippen LogP contribution in [0.5, 0.6) is 11.5 Å². The molecule has 28 heavy (non-hydrogen) atoms. The van der Waals surface area contributed by atoms with Gasteiger partial charge in [-0.2, -0.15) is 0 Å². The van der Waals surface area contributed by atoms with Crippen molar-refractivity contribution in [1.29, 1.82) is 0 Å². The Morgan fingerprint density at radius 1 is 0.714 bits per heavy atom. The first-order valence-corrected chi connectivity index (χ1v) is 9.00. The highest BCUT2D eigenvalue weighted by atomic mass is 16.5. The van der Waals surface area contributed by atoms with Crippen LogP contribution < -0.4 is 20.1 Å². The molecule has 0 aliphatic carbocycles. The van der Waals surface area contributed by atoms with E-state index in [-0.39, 0.29) is 0 Å². The van der Waals surface area contributed by atoms with Crippen LogP contribution in [0.3, 0.4) is 0 Å². The van der Waals surface area contributed by atoms with E-state index in [9.17, 15) is 9.59 Å². The lowest BCUT2D eigenvalue weighted by atomic mass is 10.1. The molecule has 0 aliphatic heterocycles. The first kappa shape index (κ1) is 20.8. The molecule has 0 bridgehead atoms. The Morgan fingerprint density at radius 2 is 1.07 bits per heavy atom. The monoisotopic (exact) mass is 380 g/mol. The van der Waals surface area contributed by atoms with Gasteiger partial charge in [-0.1, -0.05) is 24.3 Å². The number of rotatable bonds is 11. The molecule has 0 saturated carbocycles. The molecule has 146 valence electrons. The van der Waals surface area contributed by atoms with E-state index in [0.29, 0.717) is 37.4 Å². The maximum atomic E-state index is 11.1. The summed E-state index contributed by atoms with van der Waals surface area (Å²) >= 11 is 0. The van der Waals surface area contributed by atoms with E-state index >= 15 is 0 Å². The fraction of sp³-hybridized carbons (Fsp3) is 0.182. The van der Waals surface area contributed by atoms with Crippen LogP contribution in [0.2, 0.25) is 0 Å². The van der Waals surface area contributed by atoms with Crippen molar-refractivity contribution in [2.24, 2.45) is 0 Å². The van der Waals surface area contributed by atoms with E-state index in [0.717, 1.165) is 22.6 Å². The van der Waals surface area contributed by atoms with E-state index < -0.39 is 0 Å². The lowest BCUT2D eigenvalue weighted by Gasteiger charge is -2.11. The number of hydrogen-bond acceptors (Lipinski definition) is 4. The van der Waals surface area contributed by atoms with E-state index in [4.69, 9.17) is 9.47 Å². The van der Waals surface area contributed by atoms with Gasteiger partial charge in [-0.25, -0.2) is 0 Å². The fourth-order valence-electron chi connectivity index (χ4n) is 2.51. The molecule has 0 atom stereocenters. The van der Waals surface area contributed by atoms with Crippen LogP contribution >= 0.6 is 0 Å². The second kappa shape index (κ2) is 11.2. The van der Waals surface area contributed by atoms with Crippen molar-refractivity contribution in [3.8, 4) is 11.5 Å². The summed E-state index contributed by atoms with van der Waals surface area (Å²) in [5.74, 6) is 1.53. The SMILES string of the molecule is CCOc1ccc(/C=C(NC=O)/C(=C/c2ccc(OCC)cc2)NC=O)cc1. The highest BCUT2D eigenvalue weighted by Crippen LogP contribution is 2.19. The number of amides is 2. The maximum absolute atomic E-state index is 11.1. The summed E-state index contributed by atoms with van der Waals surface area (Å²) in [7, 11) is 0. The van der Waals surface area contributed by atoms with Crippen molar-refractivity contribution in [1.82, 2.24) is 10.6 Å². The zero-order valence-electron chi connectivity index (χ0n) is 16.0. The molecular formula is C22H24N2O4. The topological polar surface area (TPSA) is 76.7 Å². The summed E-state index contributed by atoms with van der Waals surface area (Å²) in [6.45, 7) is 5.02. The minimum absolute atomic E-state index is 0.458. The zero-order valence-corrected chi connectivity index (χ0v) is 16.0. The Bertz CT molecular complexity index is 753. The second-order valence-corrected chi connectivity index (χ2v) is 5.64. The third-order valence-corrected chi connectivity index (χ3v) is 3.72. The molecule has 2 aromatic carbocycles. The normalized spacial score (nSPS) is 11.5. The van der Waals surface area contributed by atoms with Gasteiger partial charge in [0.2, 0.25) is 12.8 Å². The molecule has 0 aliphatic rings. The minimum atomic E-state index is 0.458. The van der Waals surface area contributed by atoms with Crippen LogP contribution in [0.1, 0.15) is 25.0 Å². The zero-order chi connectivity index (χ0) is 20.2. The Labute approximate surface area is 164 Å². The van der Waals surface area contributed by atoms with Crippen molar-refractivity contribution in [3.63, 3.8) is 0 Å². The van der Waals surface area contributed by atoms with E-state index in [2.05, 4.69) is 10.6 Å². The second-order valence-electron chi connectivity index (χ2n) is 5.64. The number of hydrogen-bond donors (Lipinski definition) is 2. The van der Waals surface area contributed by atoms with Crippen molar-refractivity contribution >= 4 is 25.0 Å². The molecule has 6 nitrogen and oxygen atoms in total. The number of carbonyl (C=O) groups is 2. The first-order chi connectivity index (χ1) is 13.7. The molecule has 0 heterocycles. The lowest BCUT2D eigenvalue weighted by molar-refractivity contribution is -0.110. The van der Waals surface area contributed by atoms with E-state index in [1.807, 2.05) is 62.4 Å². The molecule has 0 fully saturated rings. The molecule has 6 heteroatoms. The first-order valence-electron chi connectivity index (χ1n) is 9.00. The van der Waals surface area contributed by atoms with Crippen LogP contribution in [-0.2, 0) is 9.59 Å². The predicted octanol–water partition coefficient (Wildman–Crippen LogP) is 3.36. The van der Waals surface area contributed by atoms with Crippen LogP contribution in [0, 0.1) is 0 Å². The fourth-order valence-corrected chi connectivity index (χ4v) is 2.51. The van der Waals surface area contributed by atoms with Gasteiger partial charge in [0.15, 0.2) is 0 Å². The van der Waals surface area contributed by atoms with Gasteiger partial charge >= 0.3 is 0 Å². The molecule has 0 radical (unpaired) electrons.